The first-order valence-electron chi connectivity index (χ1n) is 3.49. The number of aromatic nitrogens is 1. The van der Waals surface area contributed by atoms with Gasteiger partial charge in [-0.2, -0.15) is 0 Å². The number of carbonyl (C=O) groups is 1. The second-order valence-corrected chi connectivity index (χ2v) is 2.74. The lowest BCUT2D eigenvalue weighted by molar-refractivity contribution is 0.0995. The van der Waals surface area contributed by atoms with E-state index in [2.05, 4.69) is 4.98 Å². The monoisotopic (exact) mass is 152 g/mol. The van der Waals surface area contributed by atoms with Crippen molar-refractivity contribution in [3.8, 4) is 0 Å². The van der Waals surface area contributed by atoms with E-state index in [-0.39, 0.29) is 0 Å². The third-order valence-electron chi connectivity index (χ3n) is 2.06. The van der Waals surface area contributed by atoms with Crippen LogP contribution in [0.4, 0.5) is 0 Å². The Balaban J connectivity index is 3.29. The second-order valence-electron chi connectivity index (χ2n) is 2.74. The van der Waals surface area contributed by atoms with Gasteiger partial charge < -0.3 is 10.7 Å². The number of H-pyrrole nitrogens is 1. The number of aromatic amines is 1. The predicted molar refractivity (Wildman–Crippen MR) is 43.5 cm³/mol. The normalized spacial score (nSPS) is 10.1. The fraction of sp³-hybridized carbons (Fsp3) is 0.375. The van der Waals surface area contributed by atoms with Crippen molar-refractivity contribution < 1.29 is 4.79 Å². The highest BCUT2D eigenvalue weighted by Crippen LogP contribution is 2.15. The maximum Gasteiger partial charge on any atom is 0.265 e. The van der Waals surface area contributed by atoms with Gasteiger partial charge in [0, 0.05) is 5.69 Å². The molecule has 0 aliphatic heterocycles. The summed E-state index contributed by atoms with van der Waals surface area (Å²) in [5.41, 5.74) is 8.73. The molecular formula is C8H12N2O. The Morgan fingerprint density at radius 2 is 1.82 bits per heavy atom. The number of hydrogen-bond donors (Lipinski definition) is 2. The Kier molecular flexibility index (Phi) is 1.72. The van der Waals surface area contributed by atoms with Crippen molar-refractivity contribution >= 4 is 5.91 Å². The molecule has 1 rings (SSSR count). The highest BCUT2D eigenvalue weighted by Gasteiger charge is 2.10. The molecule has 0 fully saturated rings. The first-order chi connectivity index (χ1) is 5.04. The van der Waals surface area contributed by atoms with Gasteiger partial charge in [-0.15, -0.1) is 0 Å². The molecule has 0 atom stereocenters. The number of hydrogen-bond acceptors (Lipinski definition) is 1. The van der Waals surface area contributed by atoms with Gasteiger partial charge in [0.05, 0.1) is 0 Å². The van der Waals surface area contributed by atoms with Crippen LogP contribution in [0.5, 0.6) is 0 Å². The molecule has 0 saturated carbocycles. The van der Waals surface area contributed by atoms with E-state index in [1.807, 2.05) is 20.8 Å². The second kappa shape index (κ2) is 2.42. The van der Waals surface area contributed by atoms with Crippen LogP contribution in [0.3, 0.4) is 0 Å². The summed E-state index contributed by atoms with van der Waals surface area (Å²) in [7, 11) is 0. The van der Waals surface area contributed by atoms with E-state index < -0.39 is 5.91 Å². The summed E-state index contributed by atoms with van der Waals surface area (Å²) in [5.74, 6) is -0.390. The number of primary amides is 1. The topological polar surface area (TPSA) is 58.9 Å². The van der Waals surface area contributed by atoms with Crippen LogP contribution in [0.15, 0.2) is 0 Å². The number of nitrogens with two attached hydrogens (primary N) is 1. The molecule has 1 heterocycles. The zero-order chi connectivity index (χ0) is 8.59. The smallest absolute Gasteiger partial charge is 0.265 e. The predicted octanol–water partition coefficient (Wildman–Crippen LogP) is 1.04. The average molecular weight is 152 g/mol. The molecule has 0 bridgehead atoms. The van der Waals surface area contributed by atoms with E-state index in [1.165, 1.54) is 0 Å². The van der Waals surface area contributed by atoms with Gasteiger partial charge in [0.1, 0.15) is 5.69 Å². The molecule has 60 valence electrons. The zero-order valence-electron chi connectivity index (χ0n) is 6.99. The lowest BCUT2D eigenvalue weighted by Crippen LogP contribution is -2.12. The van der Waals surface area contributed by atoms with Gasteiger partial charge in [-0.25, -0.2) is 0 Å². The Hall–Kier alpha value is -1.25. The molecular weight excluding hydrogens is 140 g/mol. The van der Waals surface area contributed by atoms with Crippen molar-refractivity contribution in [3.63, 3.8) is 0 Å². The van der Waals surface area contributed by atoms with Crippen LogP contribution in [0, 0.1) is 20.8 Å². The standard InChI is InChI=1S/C8H12N2O/c1-4-5(2)7(8(9)11)10-6(4)3/h10H,1-3H3,(H2,9,11). The SMILES string of the molecule is Cc1[nH]c(C(N)=O)c(C)c1C. The quantitative estimate of drug-likeness (QED) is 0.620. The minimum atomic E-state index is -0.390. The van der Waals surface area contributed by atoms with Crippen molar-refractivity contribution in [2.45, 2.75) is 20.8 Å². The lowest BCUT2D eigenvalue weighted by atomic mass is 10.1. The van der Waals surface area contributed by atoms with Crippen molar-refractivity contribution in [2.75, 3.05) is 0 Å². The van der Waals surface area contributed by atoms with Gasteiger partial charge in [0.15, 0.2) is 0 Å². The molecule has 3 N–H and O–H groups in total. The van der Waals surface area contributed by atoms with E-state index >= 15 is 0 Å². The fourth-order valence-corrected chi connectivity index (χ4v) is 1.09. The number of carbonyl (C=O) groups excluding carboxylic acids is 1. The van der Waals surface area contributed by atoms with Crippen LogP contribution < -0.4 is 5.73 Å². The van der Waals surface area contributed by atoms with Crippen LogP contribution in [-0.2, 0) is 0 Å². The van der Waals surface area contributed by atoms with Crippen LogP contribution in [0.1, 0.15) is 27.3 Å². The first-order valence-corrected chi connectivity index (χ1v) is 3.49. The highest BCUT2D eigenvalue weighted by molar-refractivity contribution is 5.93. The Morgan fingerprint density at radius 3 is 2.00 bits per heavy atom. The number of nitrogens with one attached hydrogen (secondary N) is 1. The molecule has 1 aromatic rings. The van der Waals surface area contributed by atoms with E-state index in [4.69, 9.17) is 5.73 Å². The van der Waals surface area contributed by atoms with Crippen molar-refractivity contribution in [2.24, 2.45) is 5.73 Å². The number of amides is 1. The average Bonchev–Trinajstić information content (AvgIpc) is 2.17. The van der Waals surface area contributed by atoms with Gasteiger partial charge in [-0.3, -0.25) is 4.79 Å². The van der Waals surface area contributed by atoms with Crippen LogP contribution in [0.25, 0.3) is 0 Å². The summed E-state index contributed by atoms with van der Waals surface area (Å²) in [5, 5.41) is 0. The number of aryl methyl sites for hydroxylation is 1. The third-order valence-corrected chi connectivity index (χ3v) is 2.06. The molecule has 1 amide bonds. The van der Waals surface area contributed by atoms with Crippen molar-refractivity contribution in [3.05, 3.63) is 22.5 Å². The minimum Gasteiger partial charge on any atom is -0.364 e. The molecule has 0 saturated heterocycles. The first kappa shape index (κ1) is 7.85. The Labute approximate surface area is 65.6 Å². The summed E-state index contributed by atoms with van der Waals surface area (Å²) in [6.07, 6.45) is 0. The van der Waals surface area contributed by atoms with E-state index in [1.54, 1.807) is 0 Å². The molecule has 0 aromatic carbocycles. The van der Waals surface area contributed by atoms with Crippen LogP contribution in [-0.4, -0.2) is 10.9 Å². The maximum absolute atomic E-state index is 10.8. The maximum atomic E-state index is 10.8. The van der Waals surface area contributed by atoms with E-state index in [9.17, 15) is 4.79 Å². The fourth-order valence-electron chi connectivity index (χ4n) is 1.09. The van der Waals surface area contributed by atoms with Crippen molar-refractivity contribution in [1.29, 1.82) is 0 Å². The highest BCUT2D eigenvalue weighted by atomic mass is 16.1. The summed E-state index contributed by atoms with van der Waals surface area (Å²) >= 11 is 0. The zero-order valence-corrected chi connectivity index (χ0v) is 6.99. The summed E-state index contributed by atoms with van der Waals surface area (Å²) in [4.78, 5) is 13.7. The number of rotatable bonds is 1. The Bertz CT molecular complexity index is 299. The molecule has 0 aliphatic carbocycles. The molecule has 0 aliphatic rings. The largest absolute Gasteiger partial charge is 0.364 e. The van der Waals surface area contributed by atoms with Crippen LogP contribution in [0.2, 0.25) is 0 Å². The molecule has 0 unspecified atom stereocenters. The molecule has 1 aromatic heterocycles. The molecule has 11 heavy (non-hydrogen) atoms. The summed E-state index contributed by atoms with van der Waals surface area (Å²) in [6.45, 7) is 5.78. The molecule has 0 spiro atoms. The van der Waals surface area contributed by atoms with E-state index in [0.717, 1.165) is 16.8 Å². The van der Waals surface area contributed by atoms with Gasteiger partial charge in [0.2, 0.25) is 0 Å². The third kappa shape index (κ3) is 1.13. The van der Waals surface area contributed by atoms with Gasteiger partial charge >= 0.3 is 0 Å². The van der Waals surface area contributed by atoms with Crippen molar-refractivity contribution in [1.82, 2.24) is 4.98 Å². The summed E-state index contributed by atoms with van der Waals surface area (Å²) in [6, 6.07) is 0. The minimum absolute atomic E-state index is 0.390. The van der Waals surface area contributed by atoms with Crippen LogP contribution >= 0.6 is 0 Å². The summed E-state index contributed by atoms with van der Waals surface area (Å²) < 4.78 is 0. The molecule has 0 radical (unpaired) electrons. The molecule has 3 heteroatoms. The Morgan fingerprint density at radius 1 is 1.27 bits per heavy atom. The van der Waals surface area contributed by atoms with Gasteiger partial charge in [-0.05, 0) is 31.9 Å². The van der Waals surface area contributed by atoms with E-state index in [0.29, 0.717) is 5.69 Å². The lowest BCUT2D eigenvalue weighted by Gasteiger charge is -1.91. The molecule has 3 nitrogen and oxygen atoms in total. The van der Waals surface area contributed by atoms with Gasteiger partial charge in [0.25, 0.3) is 5.91 Å². The van der Waals surface area contributed by atoms with Gasteiger partial charge in [-0.1, -0.05) is 0 Å².